The van der Waals surface area contributed by atoms with Crippen molar-refractivity contribution in [3.05, 3.63) is 72.3 Å². The lowest BCUT2D eigenvalue weighted by molar-refractivity contribution is -0.462. The summed E-state index contributed by atoms with van der Waals surface area (Å²) in [5, 5.41) is 0. The molecule has 0 spiro atoms. The number of nitrogens with zero attached hydrogens (tertiary/aromatic N) is 1. The second-order valence-electron chi connectivity index (χ2n) is 4.57. The largest absolute Gasteiger partial charge is 0.473 e. The highest BCUT2D eigenvalue weighted by atomic mass is 32.1. The zero-order valence-electron chi connectivity index (χ0n) is 12.6. The van der Waals surface area contributed by atoms with Crippen molar-refractivity contribution in [1.29, 1.82) is 0 Å². The van der Waals surface area contributed by atoms with Crippen LogP contribution < -0.4 is 5.73 Å². The second-order valence-corrected chi connectivity index (χ2v) is 5.02. The van der Waals surface area contributed by atoms with E-state index in [2.05, 4.69) is 53.7 Å². The first-order valence-corrected chi connectivity index (χ1v) is 7.42. The first-order chi connectivity index (χ1) is 10.2. The Kier molecular flexibility index (Phi) is 8.24. The third kappa shape index (κ3) is 6.97. The predicted octanol–water partition coefficient (Wildman–Crippen LogP) is 2.61. The molecule has 1 aliphatic carbocycles. The summed E-state index contributed by atoms with van der Waals surface area (Å²) in [5.74, 6) is 0.792. The van der Waals surface area contributed by atoms with Crippen LogP contribution in [0.5, 0.6) is 0 Å². The second kappa shape index (κ2) is 10.0. The van der Waals surface area contributed by atoms with Crippen LogP contribution in [-0.4, -0.2) is 36.7 Å². The molecule has 2 rings (SSSR count). The van der Waals surface area contributed by atoms with Gasteiger partial charge in [0, 0.05) is 24.4 Å². The molecule has 0 amide bonds. The van der Waals surface area contributed by atoms with Crippen LogP contribution in [0.25, 0.3) is 0 Å². The van der Waals surface area contributed by atoms with E-state index in [0.717, 1.165) is 11.3 Å². The molecule has 4 heteroatoms. The lowest BCUT2D eigenvalue weighted by Crippen LogP contribution is -2.09. The van der Waals surface area contributed by atoms with Gasteiger partial charge in [-0.3, -0.25) is 0 Å². The molecule has 0 fully saturated rings. The van der Waals surface area contributed by atoms with Gasteiger partial charge >= 0.3 is 0 Å². The number of rotatable bonds is 2. The van der Waals surface area contributed by atoms with Crippen molar-refractivity contribution in [2.24, 2.45) is 5.73 Å². The van der Waals surface area contributed by atoms with Gasteiger partial charge in [0.05, 0.1) is 12.5 Å². The van der Waals surface area contributed by atoms with Gasteiger partial charge in [-0.15, -0.1) is 0 Å². The van der Waals surface area contributed by atoms with Crippen LogP contribution >= 0.6 is 12.6 Å². The van der Waals surface area contributed by atoms with Crippen LogP contribution in [0.4, 0.5) is 0 Å². The van der Waals surface area contributed by atoms with Gasteiger partial charge < -0.3 is 10.5 Å². The van der Waals surface area contributed by atoms with Crippen LogP contribution in [0.3, 0.4) is 0 Å². The Balaban J connectivity index is 0.000000491. The minimum atomic E-state index is 0.684. The zero-order valence-corrected chi connectivity index (χ0v) is 13.5. The summed E-state index contributed by atoms with van der Waals surface area (Å²) in [5.41, 5.74) is 8.48. The smallest absolute Gasteiger partial charge is 0.199 e. The summed E-state index contributed by atoms with van der Waals surface area (Å²) >= 11 is 3.80. The fourth-order valence-corrected chi connectivity index (χ4v) is 1.52. The summed E-state index contributed by atoms with van der Waals surface area (Å²) in [6, 6.07) is 0. The number of hydrogen-bond donors (Lipinski definition) is 2. The molecular formula is C17H23N2OS+. The van der Waals surface area contributed by atoms with Gasteiger partial charge in [-0.05, 0) is 35.5 Å². The summed E-state index contributed by atoms with van der Waals surface area (Å²) < 4.78 is 7.06. The average Bonchev–Trinajstić information content (AvgIpc) is 2.54. The Hall–Kier alpha value is -1.78. The number of ether oxygens (including phenoxy) is 1. The van der Waals surface area contributed by atoms with Gasteiger partial charge in [0.15, 0.2) is 5.71 Å². The van der Waals surface area contributed by atoms with Crippen molar-refractivity contribution in [3.8, 4) is 0 Å². The molecule has 0 atom stereocenters. The van der Waals surface area contributed by atoms with Crippen LogP contribution in [0.2, 0.25) is 0 Å². The molecule has 1 heterocycles. The summed E-state index contributed by atoms with van der Waals surface area (Å²) in [6.07, 6.45) is 19.8. The quantitative estimate of drug-likeness (QED) is 0.608. The molecule has 112 valence electrons. The highest BCUT2D eigenvalue weighted by Crippen LogP contribution is 2.10. The predicted molar refractivity (Wildman–Crippen MR) is 93.8 cm³/mol. The number of allylic oxidation sites excluding steroid dienone is 10. The zero-order chi connectivity index (χ0) is 15.5. The first kappa shape index (κ1) is 17.3. The molecule has 0 saturated carbocycles. The van der Waals surface area contributed by atoms with Crippen LogP contribution in [0.15, 0.2) is 72.3 Å². The van der Waals surface area contributed by atoms with Gasteiger partial charge in [-0.2, -0.15) is 12.6 Å². The van der Waals surface area contributed by atoms with Crippen molar-refractivity contribution in [3.63, 3.8) is 0 Å². The highest BCUT2D eigenvalue weighted by molar-refractivity contribution is 7.80. The van der Waals surface area contributed by atoms with Crippen LogP contribution in [0, 0.1) is 0 Å². The monoisotopic (exact) mass is 303 g/mol. The van der Waals surface area contributed by atoms with E-state index in [-0.39, 0.29) is 0 Å². The number of thiol groups is 1. The molecule has 0 saturated heterocycles. The molecule has 0 aromatic heterocycles. The topological polar surface area (TPSA) is 38.3 Å². The van der Waals surface area contributed by atoms with E-state index in [9.17, 15) is 0 Å². The third-order valence-electron chi connectivity index (χ3n) is 2.68. The Morgan fingerprint density at radius 2 is 1.48 bits per heavy atom. The minimum absolute atomic E-state index is 0.684. The van der Waals surface area contributed by atoms with Gasteiger partial charge in [0.1, 0.15) is 14.1 Å². The Morgan fingerprint density at radius 1 is 1.00 bits per heavy atom. The molecule has 2 aliphatic rings. The SMILES string of the molecule is C[N+](C)=C1C=CC(=CC=C2C=COC=C2)C=C1.NCCS. The molecule has 1 aliphatic heterocycles. The van der Waals surface area contributed by atoms with Gasteiger partial charge in [0.2, 0.25) is 0 Å². The molecule has 21 heavy (non-hydrogen) atoms. The van der Waals surface area contributed by atoms with Crippen LogP contribution in [0.1, 0.15) is 0 Å². The molecule has 0 unspecified atom stereocenters. The van der Waals surface area contributed by atoms with Gasteiger partial charge in [0.25, 0.3) is 0 Å². The fraction of sp³-hybridized carbons (Fsp3) is 0.235. The molecular weight excluding hydrogens is 280 g/mol. The minimum Gasteiger partial charge on any atom is -0.473 e. The van der Waals surface area contributed by atoms with E-state index in [1.807, 2.05) is 26.2 Å². The molecule has 2 N–H and O–H groups in total. The van der Waals surface area contributed by atoms with E-state index in [1.54, 1.807) is 12.5 Å². The van der Waals surface area contributed by atoms with Crippen LogP contribution in [-0.2, 0) is 4.74 Å². The van der Waals surface area contributed by atoms with Crippen molar-refractivity contribution in [1.82, 2.24) is 0 Å². The van der Waals surface area contributed by atoms with E-state index in [1.165, 1.54) is 11.3 Å². The Bertz CT molecular complexity index is 511. The fourth-order valence-electron chi connectivity index (χ4n) is 1.52. The van der Waals surface area contributed by atoms with Crippen molar-refractivity contribution >= 4 is 18.3 Å². The van der Waals surface area contributed by atoms with Gasteiger partial charge in [-0.25, -0.2) is 4.58 Å². The lowest BCUT2D eigenvalue weighted by Gasteiger charge is -2.01. The van der Waals surface area contributed by atoms with E-state index < -0.39 is 0 Å². The lowest BCUT2D eigenvalue weighted by atomic mass is 10.1. The molecule has 0 aromatic rings. The van der Waals surface area contributed by atoms with Gasteiger partial charge in [-0.1, -0.05) is 12.2 Å². The van der Waals surface area contributed by atoms with Crippen molar-refractivity contribution in [2.45, 2.75) is 0 Å². The Morgan fingerprint density at radius 3 is 1.90 bits per heavy atom. The van der Waals surface area contributed by atoms with Crippen molar-refractivity contribution in [2.75, 3.05) is 26.4 Å². The standard InChI is InChI=1S/C15H16NO.C2H7NS/c1-16(2)15-7-5-13(6-8-15)3-4-14-9-11-17-12-10-14;3-1-2-4/h3-12H,1-2H3;4H,1-3H2/q+1;. The molecule has 0 radical (unpaired) electrons. The summed E-state index contributed by atoms with van der Waals surface area (Å²) in [7, 11) is 4.08. The van der Waals surface area contributed by atoms with E-state index in [4.69, 9.17) is 10.5 Å². The first-order valence-electron chi connectivity index (χ1n) is 6.79. The molecule has 0 aromatic carbocycles. The van der Waals surface area contributed by atoms with E-state index in [0.29, 0.717) is 6.54 Å². The number of hydrogen-bond acceptors (Lipinski definition) is 3. The summed E-state index contributed by atoms with van der Waals surface area (Å²) in [4.78, 5) is 0. The van der Waals surface area contributed by atoms with Crippen molar-refractivity contribution < 1.29 is 9.31 Å². The third-order valence-corrected chi connectivity index (χ3v) is 2.94. The maximum absolute atomic E-state index is 4.97. The maximum Gasteiger partial charge on any atom is 0.199 e. The normalized spacial score (nSPS) is 15.3. The average molecular weight is 303 g/mol. The molecule has 3 nitrogen and oxygen atoms in total. The Labute approximate surface area is 132 Å². The van der Waals surface area contributed by atoms with E-state index >= 15 is 0 Å². The number of nitrogens with two attached hydrogens (primary N) is 1. The summed E-state index contributed by atoms with van der Waals surface area (Å²) in [6.45, 7) is 0.684. The maximum atomic E-state index is 4.97. The molecule has 0 bridgehead atoms. The highest BCUT2D eigenvalue weighted by Gasteiger charge is 2.02.